The van der Waals surface area contributed by atoms with E-state index in [1.165, 1.54) is 11.2 Å². The zero-order chi connectivity index (χ0) is 24.6. The number of aliphatic hydroxyl groups is 1. The van der Waals surface area contributed by atoms with E-state index in [4.69, 9.17) is 9.15 Å². The Morgan fingerprint density at radius 1 is 1.09 bits per heavy atom. The molecular weight excluding hydrogens is 432 g/mol. The predicted molar refractivity (Wildman–Crippen MR) is 131 cm³/mol. The van der Waals surface area contributed by atoms with E-state index in [1.54, 1.807) is 49.6 Å². The van der Waals surface area contributed by atoms with Crippen molar-refractivity contribution in [2.24, 2.45) is 0 Å². The predicted octanol–water partition coefficient (Wildman–Crippen LogP) is 5.10. The van der Waals surface area contributed by atoms with Crippen LogP contribution in [0.4, 0.5) is 11.4 Å². The van der Waals surface area contributed by atoms with Crippen molar-refractivity contribution in [1.82, 2.24) is 0 Å². The molecule has 1 saturated heterocycles. The number of Topliss-reactive ketones (excluding diaryl/α,β-unsaturated/α-hetero) is 1. The molecule has 3 aromatic rings. The second-order valence-electron chi connectivity index (χ2n) is 8.71. The number of amides is 1. The van der Waals surface area contributed by atoms with E-state index >= 15 is 0 Å². The van der Waals surface area contributed by atoms with Crippen molar-refractivity contribution in [2.45, 2.75) is 25.8 Å². The van der Waals surface area contributed by atoms with Crippen LogP contribution in [0.15, 0.2) is 70.9 Å². The second kappa shape index (κ2) is 9.09. The number of carbonyl (C=O) groups excluding carboxylic acids is 2. The number of anilines is 2. The van der Waals surface area contributed by atoms with E-state index in [0.29, 0.717) is 22.8 Å². The zero-order valence-electron chi connectivity index (χ0n) is 19.9. The minimum absolute atomic E-state index is 0.0171. The molecule has 0 saturated carbocycles. The van der Waals surface area contributed by atoms with Gasteiger partial charge in [-0.2, -0.15) is 0 Å². The Hall–Kier alpha value is -4.00. The summed E-state index contributed by atoms with van der Waals surface area (Å²) in [4.78, 5) is 29.8. The van der Waals surface area contributed by atoms with Crippen molar-refractivity contribution in [3.8, 4) is 5.75 Å². The molecule has 34 heavy (non-hydrogen) atoms. The first kappa shape index (κ1) is 23.2. The lowest BCUT2D eigenvalue weighted by molar-refractivity contribution is -0.132. The van der Waals surface area contributed by atoms with Crippen LogP contribution in [0.5, 0.6) is 5.75 Å². The van der Waals surface area contributed by atoms with Crippen LogP contribution in [-0.2, 0) is 9.59 Å². The third-order valence-electron chi connectivity index (χ3n) is 6.03. The van der Waals surface area contributed by atoms with Gasteiger partial charge in [-0.3, -0.25) is 14.5 Å². The van der Waals surface area contributed by atoms with E-state index in [2.05, 4.69) is 0 Å². The lowest BCUT2D eigenvalue weighted by atomic mass is 9.95. The number of nitrogens with zero attached hydrogens (tertiary/aromatic N) is 2. The molecule has 176 valence electrons. The van der Waals surface area contributed by atoms with Crippen molar-refractivity contribution in [3.05, 3.63) is 83.3 Å². The van der Waals surface area contributed by atoms with Gasteiger partial charge in [0.05, 0.1) is 18.9 Å². The molecule has 2 heterocycles. The monoisotopic (exact) mass is 460 g/mol. The van der Waals surface area contributed by atoms with Gasteiger partial charge in [-0.1, -0.05) is 13.8 Å². The highest BCUT2D eigenvalue weighted by atomic mass is 16.5. The molecular formula is C27H28N2O5. The van der Waals surface area contributed by atoms with Gasteiger partial charge in [0.1, 0.15) is 23.3 Å². The molecule has 1 unspecified atom stereocenters. The molecule has 4 rings (SSSR count). The number of hydrogen-bond acceptors (Lipinski definition) is 6. The van der Waals surface area contributed by atoms with Crippen molar-refractivity contribution in [3.63, 3.8) is 0 Å². The summed E-state index contributed by atoms with van der Waals surface area (Å²) in [6.07, 6.45) is 1.48. The second-order valence-corrected chi connectivity index (χ2v) is 8.71. The van der Waals surface area contributed by atoms with E-state index in [9.17, 15) is 14.7 Å². The zero-order valence-corrected chi connectivity index (χ0v) is 19.9. The topological polar surface area (TPSA) is 83.2 Å². The van der Waals surface area contributed by atoms with Crippen LogP contribution in [-0.4, -0.2) is 38.0 Å². The fraction of sp³-hybridized carbons (Fsp3) is 0.259. The van der Waals surface area contributed by atoms with Gasteiger partial charge in [-0.15, -0.1) is 0 Å². The van der Waals surface area contributed by atoms with Crippen molar-refractivity contribution in [2.75, 3.05) is 31.0 Å². The van der Waals surface area contributed by atoms with Gasteiger partial charge < -0.3 is 19.2 Å². The third kappa shape index (κ3) is 3.94. The Morgan fingerprint density at radius 2 is 1.79 bits per heavy atom. The number of methoxy groups -OCH3 is 1. The Kier molecular flexibility index (Phi) is 6.20. The molecule has 1 aliphatic heterocycles. The smallest absolute Gasteiger partial charge is 0.300 e. The van der Waals surface area contributed by atoms with E-state index < -0.39 is 17.7 Å². The van der Waals surface area contributed by atoms with Gasteiger partial charge in [0, 0.05) is 31.0 Å². The maximum absolute atomic E-state index is 13.2. The largest absolute Gasteiger partial charge is 0.507 e. The molecule has 1 aromatic heterocycles. The number of ketones is 1. The molecule has 1 amide bonds. The number of carbonyl (C=O) groups is 2. The average molecular weight is 461 g/mol. The minimum Gasteiger partial charge on any atom is -0.507 e. The van der Waals surface area contributed by atoms with Crippen LogP contribution in [0.1, 0.15) is 42.7 Å². The van der Waals surface area contributed by atoms with Crippen LogP contribution < -0.4 is 14.5 Å². The number of aliphatic hydroxyl groups excluding tert-OH is 1. The Bertz CT molecular complexity index is 1240. The molecule has 7 nitrogen and oxygen atoms in total. The quantitative estimate of drug-likeness (QED) is 0.313. The lowest BCUT2D eigenvalue weighted by Crippen LogP contribution is -2.29. The molecule has 1 fully saturated rings. The molecule has 0 spiro atoms. The van der Waals surface area contributed by atoms with Crippen molar-refractivity contribution >= 4 is 28.8 Å². The number of benzene rings is 2. The first-order valence-corrected chi connectivity index (χ1v) is 11.0. The van der Waals surface area contributed by atoms with E-state index in [-0.39, 0.29) is 17.3 Å². The molecule has 7 heteroatoms. The van der Waals surface area contributed by atoms with E-state index in [0.717, 1.165) is 11.3 Å². The summed E-state index contributed by atoms with van der Waals surface area (Å²) in [6.45, 7) is 4.03. The van der Waals surface area contributed by atoms with E-state index in [1.807, 2.05) is 45.0 Å². The summed E-state index contributed by atoms with van der Waals surface area (Å²) in [7, 11) is 5.43. The fourth-order valence-corrected chi connectivity index (χ4v) is 4.21. The molecule has 0 radical (unpaired) electrons. The number of ether oxygens (including phenoxy) is 1. The van der Waals surface area contributed by atoms with Crippen LogP contribution in [0.25, 0.3) is 5.76 Å². The summed E-state index contributed by atoms with van der Waals surface area (Å²) < 4.78 is 11.1. The van der Waals surface area contributed by atoms with Gasteiger partial charge in [-0.05, 0) is 66.1 Å². The normalized spacial score (nSPS) is 17.5. The van der Waals surface area contributed by atoms with Gasteiger partial charge in [0.25, 0.3) is 11.7 Å². The molecule has 1 aliphatic rings. The fourth-order valence-electron chi connectivity index (χ4n) is 4.21. The standard InChI is InChI=1S/C27H28N2O5/c1-16(2)20-15-17(8-13-21(20)33-5)25(30)23-24(22-7-6-14-34-22)29(27(32)26(23)31)19-11-9-18(10-12-19)28(3)4/h6-16,24,30H,1-5H3/b25-23-. The third-order valence-corrected chi connectivity index (χ3v) is 6.03. The molecule has 0 bridgehead atoms. The summed E-state index contributed by atoms with van der Waals surface area (Å²) in [5.41, 5.74) is 2.79. The first-order chi connectivity index (χ1) is 16.2. The highest BCUT2D eigenvalue weighted by molar-refractivity contribution is 6.51. The summed E-state index contributed by atoms with van der Waals surface area (Å²) in [5.74, 6) is -0.542. The van der Waals surface area contributed by atoms with Crippen LogP contribution >= 0.6 is 0 Å². The van der Waals surface area contributed by atoms with Gasteiger partial charge in [0.2, 0.25) is 0 Å². The van der Waals surface area contributed by atoms with Gasteiger partial charge in [-0.25, -0.2) is 0 Å². The highest BCUT2D eigenvalue weighted by Gasteiger charge is 2.48. The maximum Gasteiger partial charge on any atom is 0.300 e. The molecule has 0 aliphatic carbocycles. The summed E-state index contributed by atoms with van der Waals surface area (Å²) >= 11 is 0. The highest BCUT2D eigenvalue weighted by Crippen LogP contribution is 2.43. The van der Waals surface area contributed by atoms with Crippen molar-refractivity contribution < 1.29 is 23.8 Å². The number of hydrogen-bond donors (Lipinski definition) is 1. The Labute approximate surface area is 198 Å². The molecule has 1 atom stereocenters. The Morgan fingerprint density at radius 3 is 2.35 bits per heavy atom. The first-order valence-electron chi connectivity index (χ1n) is 11.0. The minimum atomic E-state index is -0.898. The van der Waals surface area contributed by atoms with Crippen LogP contribution in [0.2, 0.25) is 0 Å². The lowest BCUT2D eigenvalue weighted by Gasteiger charge is -2.24. The number of rotatable bonds is 6. The maximum atomic E-state index is 13.2. The summed E-state index contributed by atoms with van der Waals surface area (Å²) in [6, 6.07) is 15.0. The number of furan rings is 1. The molecule has 1 N–H and O–H groups in total. The van der Waals surface area contributed by atoms with Crippen LogP contribution in [0, 0.1) is 0 Å². The van der Waals surface area contributed by atoms with Gasteiger partial charge >= 0.3 is 0 Å². The van der Waals surface area contributed by atoms with Crippen LogP contribution in [0.3, 0.4) is 0 Å². The van der Waals surface area contributed by atoms with Crippen molar-refractivity contribution in [1.29, 1.82) is 0 Å². The average Bonchev–Trinajstić information content (AvgIpc) is 3.45. The van der Waals surface area contributed by atoms with Gasteiger partial charge in [0.15, 0.2) is 0 Å². The summed E-state index contributed by atoms with van der Waals surface area (Å²) in [5, 5.41) is 11.3. The molecule has 2 aromatic carbocycles. The Balaban J connectivity index is 1.88. The SMILES string of the molecule is COc1ccc(/C(O)=C2/C(=O)C(=O)N(c3ccc(N(C)C)cc3)C2c2ccco2)cc1C(C)C.